The van der Waals surface area contributed by atoms with Gasteiger partial charge in [0.2, 0.25) is 5.88 Å². The molecule has 1 atom stereocenters. The summed E-state index contributed by atoms with van der Waals surface area (Å²) in [7, 11) is -1.30. The Morgan fingerprint density at radius 2 is 1.83 bits per heavy atom. The summed E-state index contributed by atoms with van der Waals surface area (Å²) in [5.41, 5.74) is 0.770. The predicted molar refractivity (Wildman–Crippen MR) is 127 cm³/mol. The van der Waals surface area contributed by atoms with Gasteiger partial charge in [0.25, 0.3) is 0 Å². The fraction of sp³-hybridized carbons (Fsp3) is 0.320. The molecule has 0 radical (unpaired) electrons. The maximum absolute atomic E-state index is 12.8. The van der Waals surface area contributed by atoms with Crippen molar-refractivity contribution >= 4 is 11.0 Å². The summed E-state index contributed by atoms with van der Waals surface area (Å²) in [4.78, 5) is 0. The molecule has 4 rings (SSSR count). The lowest BCUT2D eigenvalue weighted by Gasteiger charge is -2.43. The van der Waals surface area contributed by atoms with E-state index >= 15 is 0 Å². The van der Waals surface area contributed by atoms with Crippen LogP contribution in [0.4, 0.5) is 13.2 Å². The molecule has 6 nitrogen and oxygen atoms in total. The summed E-state index contributed by atoms with van der Waals surface area (Å²) in [6.07, 6.45) is 1.13. The third-order valence-corrected chi connectivity index (χ3v) is 7.14. The Morgan fingerprint density at radius 3 is 2.37 bits per heavy atom. The topological polar surface area (TPSA) is 65.4 Å². The van der Waals surface area contributed by atoms with E-state index in [9.17, 15) is 17.4 Å². The summed E-state index contributed by atoms with van der Waals surface area (Å²) in [5.74, 6) is 0.371. The number of nitrogens with one attached hydrogen (secondary N) is 1. The second-order valence-corrected chi connectivity index (χ2v) is 11.1. The zero-order valence-electron chi connectivity index (χ0n) is 19.3. The Balaban J connectivity index is 1.60. The molecule has 35 heavy (non-hydrogen) atoms. The van der Waals surface area contributed by atoms with Crippen LogP contribution < -0.4 is 9.46 Å². The van der Waals surface area contributed by atoms with Crippen molar-refractivity contribution in [1.82, 2.24) is 14.5 Å². The lowest BCUT2D eigenvalue weighted by atomic mass is 9.88. The van der Waals surface area contributed by atoms with Crippen molar-refractivity contribution in [2.75, 3.05) is 13.2 Å². The molecule has 1 saturated heterocycles. The van der Waals surface area contributed by atoms with Gasteiger partial charge in [0.15, 0.2) is 0 Å². The summed E-state index contributed by atoms with van der Waals surface area (Å²) in [5, 5.41) is 4.38. The monoisotopic (exact) mass is 503 g/mol. The number of hydrogen-bond donors (Lipinski definition) is 1. The van der Waals surface area contributed by atoms with Gasteiger partial charge in [-0.3, -0.25) is 0 Å². The Labute approximate surface area is 204 Å². The van der Waals surface area contributed by atoms with Crippen molar-refractivity contribution in [3.05, 3.63) is 65.7 Å². The van der Waals surface area contributed by atoms with Crippen molar-refractivity contribution in [2.24, 2.45) is 0 Å². The minimum absolute atomic E-state index is 0.182. The molecule has 3 aromatic rings. The Bertz CT molecular complexity index is 1280. The number of nitrogens with zero attached hydrogens (tertiary/aromatic N) is 2. The summed E-state index contributed by atoms with van der Waals surface area (Å²) >= 11 is 0. The van der Waals surface area contributed by atoms with E-state index in [-0.39, 0.29) is 11.6 Å². The van der Waals surface area contributed by atoms with Gasteiger partial charge in [-0.2, -0.15) is 23.0 Å². The van der Waals surface area contributed by atoms with E-state index in [4.69, 9.17) is 15.9 Å². The molecule has 10 heteroatoms. The molecule has 184 valence electrons. The highest BCUT2D eigenvalue weighted by molar-refractivity contribution is 7.84. The normalized spacial score (nSPS) is 16.3. The fourth-order valence-corrected chi connectivity index (χ4v) is 4.30. The molecular formula is C25H24F3N3O3S. The van der Waals surface area contributed by atoms with E-state index in [0.29, 0.717) is 18.9 Å². The Morgan fingerprint density at radius 1 is 1.14 bits per heavy atom. The van der Waals surface area contributed by atoms with Crippen LogP contribution in [0.25, 0.3) is 11.3 Å². The van der Waals surface area contributed by atoms with Gasteiger partial charge in [-0.25, -0.2) is 8.93 Å². The summed E-state index contributed by atoms with van der Waals surface area (Å²) < 4.78 is 66.3. The lowest BCUT2D eigenvalue weighted by Crippen LogP contribution is -2.59. The molecule has 0 aliphatic carbocycles. The van der Waals surface area contributed by atoms with Crippen LogP contribution in [0.3, 0.4) is 0 Å². The second-order valence-electron chi connectivity index (χ2n) is 9.17. The van der Waals surface area contributed by atoms with Gasteiger partial charge in [0.1, 0.15) is 11.3 Å². The predicted octanol–water partition coefficient (Wildman–Crippen LogP) is 5.08. The average molecular weight is 504 g/mol. The zero-order chi connectivity index (χ0) is 25.4. The van der Waals surface area contributed by atoms with Gasteiger partial charge in [0, 0.05) is 17.7 Å². The lowest BCUT2D eigenvalue weighted by molar-refractivity contribution is -0.137. The van der Waals surface area contributed by atoms with E-state index in [1.54, 1.807) is 6.07 Å². The SMILES string of the molecule is C#Cn1nc(-c2cccc(C3(NS(=O)C(C)(C)C)COC3)c2)cc1Oc1ccc(C(F)(F)F)cc1. The number of benzene rings is 2. The smallest absolute Gasteiger partial charge is 0.416 e. The number of halogens is 3. The largest absolute Gasteiger partial charge is 0.438 e. The number of aromatic nitrogens is 2. The molecule has 0 amide bonds. The number of terminal acetylenes is 1. The molecule has 1 aliphatic heterocycles. The molecule has 1 N–H and O–H groups in total. The van der Waals surface area contributed by atoms with Crippen LogP contribution in [0.5, 0.6) is 11.6 Å². The first-order valence-corrected chi connectivity index (χ1v) is 11.9. The number of ether oxygens (including phenoxy) is 2. The fourth-order valence-electron chi connectivity index (χ4n) is 3.40. The highest BCUT2D eigenvalue weighted by atomic mass is 32.2. The summed E-state index contributed by atoms with van der Waals surface area (Å²) in [6, 6.07) is 15.9. The Kier molecular flexibility index (Phi) is 6.53. The first-order chi connectivity index (χ1) is 16.4. The second kappa shape index (κ2) is 9.15. The number of hydrogen-bond acceptors (Lipinski definition) is 4. The van der Waals surface area contributed by atoms with E-state index in [2.05, 4.69) is 15.9 Å². The van der Waals surface area contributed by atoms with Crippen LogP contribution in [-0.2, 0) is 27.4 Å². The molecule has 1 fully saturated rings. The molecule has 0 spiro atoms. The molecule has 2 aromatic carbocycles. The van der Waals surface area contributed by atoms with Crippen LogP contribution in [0.2, 0.25) is 0 Å². The molecule has 1 aliphatic rings. The van der Waals surface area contributed by atoms with Crippen molar-refractivity contribution in [2.45, 2.75) is 37.2 Å². The highest BCUT2D eigenvalue weighted by Gasteiger charge is 2.43. The van der Waals surface area contributed by atoms with Gasteiger partial charge in [-0.1, -0.05) is 24.6 Å². The molecule has 0 bridgehead atoms. The highest BCUT2D eigenvalue weighted by Crippen LogP contribution is 2.35. The molecule has 0 saturated carbocycles. The number of alkyl halides is 3. The van der Waals surface area contributed by atoms with Crippen molar-refractivity contribution in [1.29, 1.82) is 0 Å². The third-order valence-electron chi connectivity index (χ3n) is 5.46. The quantitative estimate of drug-likeness (QED) is 0.477. The zero-order valence-corrected chi connectivity index (χ0v) is 20.2. The third kappa shape index (κ3) is 5.27. The average Bonchev–Trinajstić information content (AvgIpc) is 3.18. The maximum Gasteiger partial charge on any atom is 0.416 e. The molecule has 1 unspecified atom stereocenters. The minimum Gasteiger partial charge on any atom is -0.438 e. The first-order valence-electron chi connectivity index (χ1n) is 10.7. The van der Waals surface area contributed by atoms with Crippen molar-refractivity contribution in [3.8, 4) is 35.4 Å². The van der Waals surface area contributed by atoms with Crippen molar-refractivity contribution in [3.63, 3.8) is 0 Å². The van der Waals surface area contributed by atoms with Gasteiger partial charge in [-0.15, -0.1) is 0 Å². The summed E-state index contributed by atoms with van der Waals surface area (Å²) in [6.45, 7) is 6.43. The maximum atomic E-state index is 12.8. The number of rotatable bonds is 6. The molecular weight excluding hydrogens is 479 g/mol. The molecule has 1 aromatic heterocycles. The van der Waals surface area contributed by atoms with Gasteiger partial charge in [-0.05, 0) is 56.7 Å². The van der Waals surface area contributed by atoms with E-state index in [0.717, 1.165) is 23.3 Å². The molecule has 2 heterocycles. The van der Waals surface area contributed by atoms with E-state index < -0.39 is 33.0 Å². The van der Waals surface area contributed by atoms with E-state index in [1.807, 2.05) is 45.0 Å². The van der Waals surface area contributed by atoms with Crippen LogP contribution in [0.1, 0.15) is 31.9 Å². The Hall–Kier alpha value is -3.13. The minimum atomic E-state index is -4.44. The van der Waals surface area contributed by atoms with Gasteiger partial charge in [0.05, 0.1) is 40.2 Å². The van der Waals surface area contributed by atoms with Crippen LogP contribution >= 0.6 is 0 Å². The first kappa shape index (κ1) is 25.0. The van der Waals surface area contributed by atoms with Crippen LogP contribution in [0, 0.1) is 12.5 Å². The van der Waals surface area contributed by atoms with Crippen LogP contribution in [-0.4, -0.2) is 32.0 Å². The van der Waals surface area contributed by atoms with Crippen LogP contribution in [0.15, 0.2) is 54.6 Å². The van der Waals surface area contributed by atoms with Crippen molar-refractivity contribution < 1.29 is 26.9 Å². The standard InChI is InChI=1S/C25H24F3N3O3S/c1-5-31-22(34-20-11-9-18(10-12-20)25(26,27)28)14-21(29-31)17-7-6-8-19(13-17)24(15-33-16-24)30-35(32)23(2,3)4/h1,6-14,30H,15-16H2,2-4H3. The van der Waals surface area contributed by atoms with Gasteiger partial charge < -0.3 is 9.47 Å². The van der Waals surface area contributed by atoms with Gasteiger partial charge >= 0.3 is 6.18 Å². The van der Waals surface area contributed by atoms with E-state index in [1.165, 1.54) is 16.8 Å².